The normalized spacial score (nSPS) is 16.2. The number of rotatable bonds is 15. The van der Waals surface area contributed by atoms with Crippen molar-refractivity contribution in [2.24, 2.45) is 11.7 Å². The second-order valence-corrected chi connectivity index (χ2v) is 8.75. The molecule has 6 atom stereocenters. The van der Waals surface area contributed by atoms with Crippen LogP contribution in [0.2, 0.25) is 0 Å². The van der Waals surface area contributed by atoms with E-state index in [9.17, 15) is 39.6 Å². The standard InChI is InChI=1S/C23H36N4O9/c1-12(2)8-15(25-17(29)10-24)22(35)27-16(11-28)19(32)20(33)21(34)23(36)26-14(9-18(30)31)13-6-4-3-5-7-13/h3-7,12,14-16,19-21,28,32-34H,8-11,24H2,1-2H3,(H,25,29)(H,26,36)(H,27,35)(H,30,31)/t14-,15-,16-,19+,20+,21-/m0/s1. The highest BCUT2D eigenvalue weighted by molar-refractivity contribution is 5.88. The lowest BCUT2D eigenvalue weighted by atomic mass is 9.98. The first-order valence-corrected chi connectivity index (χ1v) is 11.4. The Balaban J connectivity index is 2.91. The molecule has 13 heteroatoms. The summed E-state index contributed by atoms with van der Waals surface area (Å²) in [7, 11) is 0. The fourth-order valence-corrected chi connectivity index (χ4v) is 3.43. The van der Waals surface area contributed by atoms with E-state index in [1.54, 1.807) is 44.2 Å². The molecule has 0 saturated heterocycles. The number of hydrogen-bond acceptors (Lipinski definition) is 9. The number of carboxylic acids is 1. The minimum atomic E-state index is -2.23. The van der Waals surface area contributed by atoms with Crippen molar-refractivity contribution in [1.29, 1.82) is 0 Å². The van der Waals surface area contributed by atoms with E-state index in [0.717, 1.165) is 0 Å². The van der Waals surface area contributed by atoms with E-state index in [1.807, 2.05) is 0 Å². The second kappa shape index (κ2) is 15.1. The Labute approximate surface area is 208 Å². The number of benzene rings is 1. The number of aliphatic carboxylic acids is 1. The number of nitrogens with one attached hydrogen (secondary N) is 3. The van der Waals surface area contributed by atoms with Gasteiger partial charge in [-0.25, -0.2) is 0 Å². The van der Waals surface area contributed by atoms with Gasteiger partial charge in [0, 0.05) is 0 Å². The van der Waals surface area contributed by atoms with Crippen molar-refractivity contribution in [2.75, 3.05) is 13.2 Å². The topological polar surface area (TPSA) is 232 Å². The first-order chi connectivity index (χ1) is 16.9. The summed E-state index contributed by atoms with van der Waals surface area (Å²) in [6.07, 6.45) is -6.69. The van der Waals surface area contributed by atoms with Crippen LogP contribution < -0.4 is 21.7 Å². The lowest BCUT2D eigenvalue weighted by Crippen LogP contribution is -2.59. The van der Waals surface area contributed by atoms with Crippen LogP contribution in [0.1, 0.15) is 38.3 Å². The van der Waals surface area contributed by atoms with Crippen molar-refractivity contribution in [3.05, 3.63) is 35.9 Å². The molecule has 0 aliphatic heterocycles. The van der Waals surface area contributed by atoms with Gasteiger partial charge in [-0.3, -0.25) is 19.2 Å². The number of aliphatic hydroxyl groups excluding tert-OH is 4. The number of carboxylic acid groups (broad SMARTS) is 1. The maximum Gasteiger partial charge on any atom is 0.305 e. The van der Waals surface area contributed by atoms with Gasteiger partial charge in [-0.1, -0.05) is 44.2 Å². The zero-order valence-electron chi connectivity index (χ0n) is 20.2. The minimum absolute atomic E-state index is 0.0178. The molecule has 202 valence electrons. The molecule has 0 fully saturated rings. The Morgan fingerprint density at radius 3 is 2.03 bits per heavy atom. The molecule has 13 nitrogen and oxygen atoms in total. The monoisotopic (exact) mass is 512 g/mol. The summed E-state index contributed by atoms with van der Waals surface area (Å²) < 4.78 is 0. The molecule has 1 aromatic carbocycles. The highest BCUT2D eigenvalue weighted by Gasteiger charge is 2.37. The average Bonchev–Trinajstić information content (AvgIpc) is 2.84. The van der Waals surface area contributed by atoms with E-state index in [0.29, 0.717) is 5.56 Å². The summed E-state index contributed by atoms with van der Waals surface area (Å²) in [5.41, 5.74) is 5.71. The van der Waals surface area contributed by atoms with Crippen molar-refractivity contribution in [3.63, 3.8) is 0 Å². The van der Waals surface area contributed by atoms with Crippen LogP contribution in [0.25, 0.3) is 0 Å². The Morgan fingerprint density at radius 2 is 1.53 bits per heavy atom. The lowest BCUT2D eigenvalue weighted by molar-refractivity contribution is -0.145. The molecular formula is C23H36N4O9. The molecule has 10 N–H and O–H groups in total. The number of amides is 3. The third-order valence-electron chi connectivity index (χ3n) is 5.32. The predicted octanol–water partition coefficient (Wildman–Crippen LogP) is -2.63. The summed E-state index contributed by atoms with van der Waals surface area (Å²) in [5.74, 6) is -3.79. The first-order valence-electron chi connectivity index (χ1n) is 11.4. The SMILES string of the molecule is CC(C)C[C@H](NC(=O)CN)C(=O)N[C@@H](CO)[C@@H](O)[C@@H](O)[C@H](O)C(=O)N[C@@H](CC(=O)O)c1ccccc1. The van der Waals surface area contributed by atoms with Gasteiger partial charge in [-0.15, -0.1) is 0 Å². The number of hydrogen-bond donors (Lipinski definition) is 9. The summed E-state index contributed by atoms with van der Waals surface area (Å²) in [5, 5.41) is 57.0. The fourth-order valence-electron chi connectivity index (χ4n) is 3.43. The molecule has 0 spiro atoms. The van der Waals surface area contributed by atoms with Gasteiger partial charge >= 0.3 is 5.97 Å². The zero-order chi connectivity index (χ0) is 27.4. The quantitative estimate of drug-likeness (QED) is 0.119. The molecule has 0 radical (unpaired) electrons. The molecule has 0 aliphatic carbocycles. The van der Waals surface area contributed by atoms with Crippen LogP contribution in [0, 0.1) is 5.92 Å². The molecule has 3 amide bonds. The van der Waals surface area contributed by atoms with E-state index in [2.05, 4.69) is 16.0 Å². The van der Waals surface area contributed by atoms with Gasteiger partial charge in [-0.2, -0.15) is 0 Å². The van der Waals surface area contributed by atoms with Crippen LogP contribution >= 0.6 is 0 Å². The van der Waals surface area contributed by atoms with Crippen molar-refractivity contribution < 1.29 is 44.7 Å². The second-order valence-electron chi connectivity index (χ2n) is 8.75. The number of carbonyl (C=O) groups excluding carboxylic acids is 3. The smallest absolute Gasteiger partial charge is 0.305 e. The summed E-state index contributed by atoms with van der Waals surface area (Å²) in [6, 6.07) is 4.49. The highest BCUT2D eigenvalue weighted by atomic mass is 16.4. The van der Waals surface area contributed by atoms with Crippen LogP contribution in [0.5, 0.6) is 0 Å². The van der Waals surface area contributed by atoms with Crippen molar-refractivity contribution in [2.45, 2.75) is 63.1 Å². The number of aliphatic hydroxyl groups is 4. The lowest BCUT2D eigenvalue weighted by Gasteiger charge is -2.30. The summed E-state index contributed by atoms with van der Waals surface area (Å²) >= 11 is 0. The maximum absolute atomic E-state index is 12.7. The van der Waals surface area contributed by atoms with Gasteiger partial charge in [0.05, 0.1) is 31.7 Å². The number of carbonyl (C=O) groups is 4. The van der Waals surface area contributed by atoms with Crippen LogP contribution in [-0.4, -0.2) is 92.8 Å². The van der Waals surface area contributed by atoms with Gasteiger partial charge in [0.15, 0.2) is 6.10 Å². The summed E-state index contributed by atoms with van der Waals surface area (Å²) in [6.45, 7) is 2.38. The third-order valence-corrected chi connectivity index (χ3v) is 5.32. The highest BCUT2D eigenvalue weighted by Crippen LogP contribution is 2.17. The Hall–Kier alpha value is -3.10. The molecule has 0 saturated carbocycles. The van der Waals surface area contributed by atoms with Gasteiger partial charge in [-0.05, 0) is 17.9 Å². The van der Waals surface area contributed by atoms with E-state index < -0.39 is 73.2 Å². The predicted molar refractivity (Wildman–Crippen MR) is 127 cm³/mol. The van der Waals surface area contributed by atoms with Crippen LogP contribution in [-0.2, 0) is 19.2 Å². The maximum atomic E-state index is 12.7. The van der Waals surface area contributed by atoms with Crippen molar-refractivity contribution in [1.82, 2.24) is 16.0 Å². The van der Waals surface area contributed by atoms with E-state index in [-0.39, 0.29) is 18.9 Å². The van der Waals surface area contributed by atoms with Gasteiger partial charge in [0.2, 0.25) is 11.8 Å². The summed E-state index contributed by atoms with van der Waals surface area (Å²) in [4.78, 5) is 48.1. The van der Waals surface area contributed by atoms with Gasteiger partial charge < -0.3 is 47.2 Å². The van der Waals surface area contributed by atoms with E-state index in [1.165, 1.54) is 0 Å². The van der Waals surface area contributed by atoms with Crippen LogP contribution in [0.15, 0.2) is 30.3 Å². The third kappa shape index (κ3) is 9.87. The van der Waals surface area contributed by atoms with Crippen LogP contribution in [0.4, 0.5) is 0 Å². The molecule has 0 heterocycles. The zero-order valence-corrected chi connectivity index (χ0v) is 20.2. The molecule has 0 bridgehead atoms. The Kier molecular flexibility index (Phi) is 13.0. The molecule has 36 heavy (non-hydrogen) atoms. The Bertz CT molecular complexity index is 868. The fraction of sp³-hybridized carbons (Fsp3) is 0.565. The van der Waals surface area contributed by atoms with Gasteiger partial charge in [0.1, 0.15) is 18.2 Å². The molecule has 0 unspecified atom stereocenters. The number of nitrogens with two attached hydrogens (primary N) is 1. The Morgan fingerprint density at radius 1 is 0.917 bits per heavy atom. The van der Waals surface area contributed by atoms with Crippen molar-refractivity contribution >= 4 is 23.7 Å². The molecule has 1 aromatic rings. The largest absolute Gasteiger partial charge is 0.481 e. The molecular weight excluding hydrogens is 476 g/mol. The van der Waals surface area contributed by atoms with Crippen molar-refractivity contribution in [3.8, 4) is 0 Å². The molecule has 1 rings (SSSR count). The van der Waals surface area contributed by atoms with Crippen LogP contribution in [0.3, 0.4) is 0 Å². The molecule has 0 aromatic heterocycles. The van der Waals surface area contributed by atoms with E-state index >= 15 is 0 Å². The molecule has 0 aliphatic rings. The average molecular weight is 513 g/mol. The van der Waals surface area contributed by atoms with E-state index in [4.69, 9.17) is 10.8 Å². The van der Waals surface area contributed by atoms with Gasteiger partial charge in [0.25, 0.3) is 5.91 Å². The first kappa shape index (κ1) is 30.9. The minimum Gasteiger partial charge on any atom is -0.481 e.